The number of amides is 2. The molecule has 0 spiro atoms. The Morgan fingerprint density at radius 1 is 1.12 bits per heavy atom. The van der Waals surface area contributed by atoms with Gasteiger partial charge in [-0.1, -0.05) is 35.0 Å². The Morgan fingerprint density at radius 3 is 2.29 bits per heavy atom. The first-order valence-corrected chi connectivity index (χ1v) is 8.36. The predicted octanol–water partition coefficient (Wildman–Crippen LogP) is 3.19. The van der Waals surface area contributed by atoms with Crippen LogP contribution in [0.5, 0.6) is 5.75 Å². The molecule has 0 aliphatic heterocycles. The summed E-state index contributed by atoms with van der Waals surface area (Å²) < 4.78 is 6.43. The van der Waals surface area contributed by atoms with Crippen LogP contribution >= 0.6 is 15.9 Å². The first kappa shape index (κ1) is 18.0. The van der Waals surface area contributed by atoms with Crippen LogP contribution in [-0.4, -0.2) is 18.4 Å². The summed E-state index contributed by atoms with van der Waals surface area (Å²) in [7, 11) is 0. The molecule has 0 radical (unpaired) electrons. The summed E-state index contributed by atoms with van der Waals surface area (Å²) in [5.41, 5.74) is 6.61. The lowest BCUT2D eigenvalue weighted by atomic mass is 10.0. The summed E-state index contributed by atoms with van der Waals surface area (Å²) in [6.07, 6.45) is 0.778. The Morgan fingerprint density at radius 2 is 1.75 bits per heavy atom. The number of nitrogens with one attached hydrogen (secondary N) is 1. The van der Waals surface area contributed by atoms with Gasteiger partial charge >= 0.3 is 0 Å². The number of rotatable bonds is 7. The zero-order valence-corrected chi connectivity index (χ0v) is 14.9. The smallest absolute Gasteiger partial charge is 0.258 e. The number of nitrogens with two attached hydrogens (primary N) is 1. The van der Waals surface area contributed by atoms with Gasteiger partial charge in [-0.15, -0.1) is 0 Å². The van der Waals surface area contributed by atoms with Crippen molar-refractivity contribution >= 4 is 27.7 Å². The molecule has 6 heteroatoms. The first-order chi connectivity index (χ1) is 11.5. The SMILES string of the molecule is CCC(NC(=O)COc1ccc(C(N)=O)cc1)c1ccc(Br)cc1. The van der Waals surface area contributed by atoms with E-state index in [1.807, 2.05) is 31.2 Å². The van der Waals surface area contributed by atoms with E-state index in [0.29, 0.717) is 11.3 Å². The van der Waals surface area contributed by atoms with Crippen molar-refractivity contribution in [1.82, 2.24) is 5.32 Å². The van der Waals surface area contributed by atoms with Gasteiger partial charge in [0.15, 0.2) is 6.61 Å². The number of carbonyl (C=O) groups is 2. The molecule has 0 aliphatic rings. The average molecular weight is 391 g/mol. The van der Waals surface area contributed by atoms with Crippen LogP contribution in [0.2, 0.25) is 0 Å². The van der Waals surface area contributed by atoms with Gasteiger partial charge in [-0.2, -0.15) is 0 Å². The molecule has 2 aromatic rings. The largest absolute Gasteiger partial charge is 0.484 e. The molecule has 5 nitrogen and oxygen atoms in total. The second-order valence-corrected chi connectivity index (χ2v) is 6.17. The van der Waals surface area contributed by atoms with E-state index in [4.69, 9.17) is 10.5 Å². The highest BCUT2D eigenvalue weighted by Gasteiger charge is 2.13. The lowest BCUT2D eigenvalue weighted by Crippen LogP contribution is -2.32. The van der Waals surface area contributed by atoms with Gasteiger partial charge in [-0.05, 0) is 48.4 Å². The standard InChI is InChI=1S/C18H19BrN2O3/c1-2-16(12-3-7-14(19)8-4-12)21-17(22)11-24-15-9-5-13(6-10-15)18(20)23/h3-10,16H,2,11H2,1H3,(H2,20,23)(H,21,22). The minimum Gasteiger partial charge on any atom is -0.484 e. The highest BCUT2D eigenvalue weighted by Crippen LogP contribution is 2.19. The van der Waals surface area contributed by atoms with Gasteiger partial charge in [0.1, 0.15) is 5.75 Å². The van der Waals surface area contributed by atoms with E-state index in [0.717, 1.165) is 16.5 Å². The number of hydrogen-bond donors (Lipinski definition) is 2. The van der Waals surface area contributed by atoms with Gasteiger partial charge < -0.3 is 15.8 Å². The van der Waals surface area contributed by atoms with Gasteiger partial charge in [0.25, 0.3) is 5.91 Å². The van der Waals surface area contributed by atoms with E-state index in [9.17, 15) is 9.59 Å². The molecule has 2 rings (SSSR count). The van der Waals surface area contributed by atoms with Crippen LogP contribution in [0, 0.1) is 0 Å². The van der Waals surface area contributed by atoms with Crippen molar-refractivity contribution in [2.24, 2.45) is 5.73 Å². The van der Waals surface area contributed by atoms with Crippen molar-refractivity contribution < 1.29 is 14.3 Å². The van der Waals surface area contributed by atoms with Crippen LogP contribution in [0.4, 0.5) is 0 Å². The molecule has 1 atom stereocenters. The molecule has 3 N–H and O–H groups in total. The maximum atomic E-state index is 12.1. The zero-order chi connectivity index (χ0) is 17.5. The molecule has 0 saturated carbocycles. The second-order valence-electron chi connectivity index (χ2n) is 5.26. The van der Waals surface area contributed by atoms with Gasteiger partial charge in [0, 0.05) is 10.0 Å². The molecule has 2 aromatic carbocycles. The molecule has 0 aliphatic carbocycles. The van der Waals surface area contributed by atoms with E-state index in [1.165, 1.54) is 0 Å². The van der Waals surface area contributed by atoms with Gasteiger partial charge in [-0.3, -0.25) is 9.59 Å². The Bertz CT molecular complexity index is 699. The fourth-order valence-electron chi connectivity index (χ4n) is 2.22. The van der Waals surface area contributed by atoms with Gasteiger partial charge in [-0.25, -0.2) is 0 Å². The number of benzene rings is 2. The molecule has 0 heterocycles. The first-order valence-electron chi connectivity index (χ1n) is 7.57. The van der Waals surface area contributed by atoms with Crippen LogP contribution in [0.25, 0.3) is 0 Å². The third-order valence-corrected chi connectivity index (χ3v) is 4.05. The van der Waals surface area contributed by atoms with E-state index in [2.05, 4.69) is 21.2 Å². The average Bonchev–Trinajstić information content (AvgIpc) is 2.59. The Labute approximate surface area is 149 Å². The maximum absolute atomic E-state index is 12.1. The van der Waals surface area contributed by atoms with Crippen molar-refractivity contribution in [2.75, 3.05) is 6.61 Å². The minimum absolute atomic E-state index is 0.0635. The quantitative estimate of drug-likeness (QED) is 0.761. The Hall–Kier alpha value is -2.34. The van der Waals surface area contributed by atoms with Crippen LogP contribution in [0.3, 0.4) is 0 Å². The number of carbonyl (C=O) groups excluding carboxylic acids is 2. The summed E-state index contributed by atoms with van der Waals surface area (Å²) in [6.45, 7) is 1.92. The summed E-state index contributed by atoms with van der Waals surface area (Å²) in [5.74, 6) is -0.199. The predicted molar refractivity (Wildman–Crippen MR) is 95.8 cm³/mol. The van der Waals surface area contributed by atoms with Crippen molar-refractivity contribution in [3.05, 3.63) is 64.1 Å². The number of ether oxygens (including phenoxy) is 1. The van der Waals surface area contributed by atoms with Gasteiger partial charge in [0.05, 0.1) is 6.04 Å². The van der Waals surface area contributed by atoms with Crippen molar-refractivity contribution in [3.8, 4) is 5.75 Å². The molecular formula is C18H19BrN2O3. The molecule has 126 valence electrons. The van der Waals surface area contributed by atoms with Crippen molar-refractivity contribution in [2.45, 2.75) is 19.4 Å². The van der Waals surface area contributed by atoms with Gasteiger partial charge in [0.2, 0.25) is 5.91 Å². The molecule has 1 unspecified atom stereocenters. The summed E-state index contributed by atoms with van der Waals surface area (Å²) in [4.78, 5) is 23.1. The monoisotopic (exact) mass is 390 g/mol. The molecule has 0 bridgehead atoms. The fourth-order valence-corrected chi connectivity index (χ4v) is 2.48. The third kappa shape index (κ3) is 5.09. The molecular weight excluding hydrogens is 372 g/mol. The highest BCUT2D eigenvalue weighted by molar-refractivity contribution is 9.10. The molecule has 0 fully saturated rings. The third-order valence-electron chi connectivity index (χ3n) is 3.52. The maximum Gasteiger partial charge on any atom is 0.258 e. The number of primary amides is 1. The normalized spacial score (nSPS) is 11.6. The molecule has 0 aromatic heterocycles. The van der Waals surface area contributed by atoms with E-state index in [-0.39, 0.29) is 18.6 Å². The molecule has 2 amide bonds. The zero-order valence-electron chi connectivity index (χ0n) is 13.3. The fraction of sp³-hybridized carbons (Fsp3) is 0.222. The molecule has 0 saturated heterocycles. The van der Waals surface area contributed by atoms with Crippen LogP contribution in [0.15, 0.2) is 53.0 Å². The van der Waals surface area contributed by atoms with Crippen molar-refractivity contribution in [3.63, 3.8) is 0 Å². The highest BCUT2D eigenvalue weighted by atomic mass is 79.9. The summed E-state index contributed by atoms with van der Waals surface area (Å²) in [6, 6.07) is 14.1. The summed E-state index contributed by atoms with van der Waals surface area (Å²) in [5, 5.41) is 2.95. The Kier molecular flexibility index (Phi) is 6.37. The van der Waals surface area contributed by atoms with E-state index < -0.39 is 5.91 Å². The lowest BCUT2D eigenvalue weighted by Gasteiger charge is -2.18. The lowest BCUT2D eigenvalue weighted by molar-refractivity contribution is -0.123. The number of hydrogen-bond acceptors (Lipinski definition) is 3. The minimum atomic E-state index is -0.500. The summed E-state index contributed by atoms with van der Waals surface area (Å²) >= 11 is 3.40. The topological polar surface area (TPSA) is 81.4 Å². The van der Waals surface area contributed by atoms with E-state index in [1.54, 1.807) is 24.3 Å². The van der Waals surface area contributed by atoms with E-state index >= 15 is 0 Å². The van der Waals surface area contributed by atoms with Crippen molar-refractivity contribution in [1.29, 1.82) is 0 Å². The Balaban J connectivity index is 1.89. The number of halogens is 1. The van der Waals surface area contributed by atoms with Crippen LogP contribution < -0.4 is 15.8 Å². The van der Waals surface area contributed by atoms with Crippen LogP contribution in [-0.2, 0) is 4.79 Å². The molecule has 24 heavy (non-hydrogen) atoms. The van der Waals surface area contributed by atoms with Crippen LogP contribution in [0.1, 0.15) is 35.3 Å². The second kappa shape index (κ2) is 8.49.